The maximum absolute atomic E-state index is 12.1. The minimum absolute atomic E-state index is 0.244. The van der Waals surface area contributed by atoms with Gasteiger partial charge in [0.15, 0.2) is 6.61 Å². The molecule has 0 aliphatic rings. The van der Waals surface area contributed by atoms with E-state index in [1.54, 1.807) is 48.5 Å². The van der Waals surface area contributed by atoms with E-state index in [4.69, 9.17) is 33.7 Å². The van der Waals surface area contributed by atoms with Gasteiger partial charge < -0.3 is 21.1 Å². The summed E-state index contributed by atoms with van der Waals surface area (Å²) in [6.07, 6.45) is -0.244. The number of ether oxygens (including phenoxy) is 1. The number of carbonyl (C=O) groups is 3. The molecule has 1 atom stereocenters. The van der Waals surface area contributed by atoms with Crippen LogP contribution < -0.4 is 16.4 Å². The van der Waals surface area contributed by atoms with Gasteiger partial charge in [0, 0.05) is 5.02 Å². The van der Waals surface area contributed by atoms with Crippen LogP contribution in [-0.4, -0.2) is 24.5 Å². The zero-order valence-corrected chi connectivity index (χ0v) is 15.6. The molecule has 0 aliphatic carbocycles. The lowest BCUT2D eigenvalue weighted by molar-refractivity contribution is -0.147. The number of benzene rings is 2. The zero-order valence-electron chi connectivity index (χ0n) is 14.1. The smallest absolute Gasteiger partial charge is 0.312 e. The molecule has 0 saturated heterocycles. The van der Waals surface area contributed by atoms with E-state index in [0.717, 1.165) is 0 Å². The SMILES string of the molecule is NC(=O)N[C@H](CC(=O)OCC(=O)Nc1ccccc1Cl)c1ccccc1Cl. The molecule has 0 fully saturated rings. The van der Waals surface area contributed by atoms with E-state index in [1.165, 1.54) is 0 Å². The van der Waals surface area contributed by atoms with Gasteiger partial charge in [-0.15, -0.1) is 0 Å². The Morgan fingerprint density at radius 1 is 1.00 bits per heavy atom. The Labute approximate surface area is 165 Å². The summed E-state index contributed by atoms with van der Waals surface area (Å²) in [7, 11) is 0. The van der Waals surface area contributed by atoms with Crippen LogP contribution in [0.1, 0.15) is 18.0 Å². The highest BCUT2D eigenvalue weighted by molar-refractivity contribution is 6.33. The lowest BCUT2D eigenvalue weighted by atomic mass is 10.0. The molecule has 7 nitrogen and oxygen atoms in total. The van der Waals surface area contributed by atoms with Crippen molar-refractivity contribution in [3.05, 3.63) is 64.1 Å². The Hall–Kier alpha value is -2.77. The third-order valence-corrected chi connectivity index (χ3v) is 4.15. The lowest BCUT2D eigenvalue weighted by Crippen LogP contribution is -2.35. The van der Waals surface area contributed by atoms with Crippen LogP contribution in [0.25, 0.3) is 0 Å². The molecular formula is C18H17Cl2N3O4. The Bertz CT molecular complexity index is 845. The molecule has 2 rings (SSSR count). The highest BCUT2D eigenvalue weighted by Crippen LogP contribution is 2.25. The van der Waals surface area contributed by atoms with E-state index in [-0.39, 0.29) is 6.42 Å². The second kappa shape index (κ2) is 9.80. The number of nitrogens with one attached hydrogen (secondary N) is 2. The van der Waals surface area contributed by atoms with Gasteiger partial charge in [-0.1, -0.05) is 53.5 Å². The van der Waals surface area contributed by atoms with Crippen LogP contribution in [0.5, 0.6) is 0 Å². The Kier molecular flexibility index (Phi) is 7.45. The Balaban J connectivity index is 1.93. The third kappa shape index (κ3) is 6.47. The molecule has 0 spiro atoms. The fraction of sp³-hybridized carbons (Fsp3) is 0.167. The molecule has 3 amide bonds. The largest absolute Gasteiger partial charge is 0.455 e. The van der Waals surface area contributed by atoms with Crippen molar-refractivity contribution in [2.24, 2.45) is 5.73 Å². The number of nitrogens with two attached hydrogens (primary N) is 1. The van der Waals surface area contributed by atoms with Crippen molar-refractivity contribution >= 4 is 46.8 Å². The van der Waals surface area contributed by atoms with Gasteiger partial charge in [-0.3, -0.25) is 9.59 Å². The number of para-hydroxylation sites is 1. The van der Waals surface area contributed by atoms with Crippen LogP contribution in [0.4, 0.5) is 10.5 Å². The average molecular weight is 410 g/mol. The third-order valence-electron chi connectivity index (χ3n) is 3.48. The molecule has 0 saturated carbocycles. The van der Waals surface area contributed by atoms with Crippen LogP contribution in [0.2, 0.25) is 10.0 Å². The van der Waals surface area contributed by atoms with Gasteiger partial charge in [-0.05, 0) is 23.8 Å². The number of amides is 3. The number of urea groups is 1. The molecule has 9 heteroatoms. The number of rotatable bonds is 7. The predicted molar refractivity (Wildman–Crippen MR) is 103 cm³/mol. The normalized spacial score (nSPS) is 11.3. The first kappa shape index (κ1) is 20.5. The molecule has 4 N–H and O–H groups in total. The van der Waals surface area contributed by atoms with Gasteiger partial charge in [-0.25, -0.2) is 4.79 Å². The maximum atomic E-state index is 12.1. The molecule has 0 heterocycles. The van der Waals surface area contributed by atoms with Crippen LogP contribution in [0.3, 0.4) is 0 Å². The van der Waals surface area contributed by atoms with Crippen LogP contribution in [-0.2, 0) is 14.3 Å². The van der Waals surface area contributed by atoms with Gasteiger partial charge >= 0.3 is 12.0 Å². The monoisotopic (exact) mass is 409 g/mol. The fourth-order valence-electron chi connectivity index (χ4n) is 2.29. The van der Waals surface area contributed by atoms with E-state index in [0.29, 0.717) is 21.3 Å². The zero-order chi connectivity index (χ0) is 19.8. The topological polar surface area (TPSA) is 111 Å². The quantitative estimate of drug-likeness (QED) is 0.609. The number of primary amides is 1. The molecule has 0 aromatic heterocycles. The highest BCUT2D eigenvalue weighted by Gasteiger charge is 2.21. The summed E-state index contributed by atoms with van der Waals surface area (Å²) in [5.74, 6) is -1.25. The molecule has 0 unspecified atom stereocenters. The minimum atomic E-state index is -0.816. The van der Waals surface area contributed by atoms with E-state index in [2.05, 4.69) is 10.6 Å². The van der Waals surface area contributed by atoms with Crippen LogP contribution in [0, 0.1) is 0 Å². The standard InChI is InChI=1S/C18H17Cl2N3O4/c19-12-6-2-1-5-11(12)15(23-18(21)26)9-17(25)27-10-16(24)22-14-8-4-3-7-13(14)20/h1-8,15H,9-10H2,(H,22,24)(H3,21,23,26)/t15-/m1/s1. The summed E-state index contributed by atoms with van der Waals surface area (Å²) in [6.45, 7) is -0.504. The van der Waals surface area contributed by atoms with Crippen molar-refractivity contribution in [3.8, 4) is 0 Å². The first-order valence-electron chi connectivity index (χ1n) is 7.87. The van der Waals surface area contributed by atoms with Crippen molar-refractivity contribution in [2.75, 3.05) is 11.9 Å². The molecule has 0 radical (unpaired) electrons. The summed E-state index contributed by atoms with van der Waals surface area (Å²) < 4.78 is 4.96. The maximum Gasteiger partial charge on any atom is 0.312 e. The first-order chi connectivity index (χ1) is 12.9. The number of hydrogen-bond donors (Lipinski definition) is 3. The van der Waals surface area contributed by atoms with E-state index >= 15 is 0 Å². The number of hydrogen-bond acceptors (Lipinski definition) is 4. The van der Waals surface area contributed by atoms with Gasteiger partial charge in [0.25, 0.3) is 5.91 Å². The number of halogens is 2. The van der Waals surface area contributed by atoms with Gasteiger partial charge in [0.05, 0.1) is 23.2 Å². The van der Waals surface area contributed by atoms with Gasteiger partial charge in [0.2, 0.25) is 0 Å². The van der Waals surface area contributed by atoms with Crippen molar-refractivity contribution in [1.82, 2.24) is 5.32 Å². The number of anilines is 1. The van der Waals surface area contributed by atoms with Crippen LogP contribution >= 0.6 is 23.2 Å². The predicted octanol–water partition coefficient (Wildman–Crippen LogP) is 3.27. The summed E-state index contributed by atoms with van der Waals surface area (Å²) >= 11 is 12.0. The molecule has 0 bridgehead atoms. The Morgan fingerprint density at radius 3 is 2.26 bits per heavy atom. The average Bonchev–Trinajstić information content (AvgIpc) is 2.61. The molecule has 2 aromatic rings. The van der Waals surface area contributed by atoms with Crippen molar-refractivity contribution in [2.45, 2.75) is 12.5 Å². The molecule has 2 aromatic carbocycles. The second-order valence-electron chi connectivity index (χ2n) is 5.48. The van der Waals surface area contributed by atoms with Crippen molar-refractivity contribution in [1.29, 1.82) is 0 Å². The molecule has 0 aliphatic heterocycles. The first-order valence-corrected chi connectivity index (χ1v) is 8.63. The van der Waals surface area contributed by atoms with Crippen molar-refractivity contribution < 1.29 is 19.1 Å². The lowest BCUT2D eigenvalue weighted by Gasteiger charge is -2.18. The molecule has 27 heavy (non-hydrogen) atoms. The highest BCUT2D eigenvalue weighted by atomic mass is 35.5. The minimum Gasteiger partial charge on any atom is -0.455 e. The number of carbonyl (C=O) groups excluding carboxylic acids is 3. The van der Waals surface area contributed by atoms with Crippen molar-refractivity contribution in [3.63, 3.8) is 0 Å². The second-order valence-corrected chi connectivity index (χ2v) is 6.29. The summed E-state index contributed by atoms with van der Waals surface area (Å²) in [4.78, 5) is 35.2. The molecule has 142 valence electrons. The van der Waals surface area contributed by atoms with E-state index < -0.39 is 30.6 Å². The van der Waals surface area contributed by atoms with Crippen LogP contribution in [0.15, 0.2) is 48.5 Å². The summed E-state index contributed by atoms with van der Waals surface area (Å²) in [6, 6.07) is 11.8. The van der Waals surface area contributed by atoms with E-state index in [9.17, 15) is 14.4 Å². The van der Waals surface area contributed by atoms with Gasteiger partial charge in [0.1, 0.15) is 0 Å². The summed E-state index contributed by atoms with van der Waals surface area (Å²) in [5.41, 5.74) is 6.07. The van der Waals surface area contributed by atoms with Gasteiger partial charge in [-0.2, -0.15) is 0 Å². The molecular weight excluding hydrogens is 393 g/mol. The Morgan fingerprint density at radius 2 is 1.63 bits per heavy atom. The number of esters is 1. The summed E-state index contributed by atoms with van der Waals surface area (Å²) in [5, 5.41) is 5.70. The fourth-order valence-corrected chi connectivity index (χ4v) is 2.74. The van der Waals surface area contributed by atoms with E-state index in [1.807, 2.05) is 0 Å².